The minimum Gasteiger partial charge on any atom is -0.387 e. The molecule has 7 atom stereocenters. The smallest absolute Gasteiger partial charge is 0.280 e. The van der Waals surface area contributed by atoms with E-state index >= 15 is 0 Å². The summed E-state index contributed by atoms with van der Waals surface area (Å²) in [6.07, 6.45) is -0.342. The molecule has 7 rings (SSSR count). The Balaban J connectivity index is 1.11. The van der Waals surface area contributed by atoms with E-state index in [0.29, 0.717) is 18.6 Å². The number of aliphatic hydroxyl groups excluding tert-OH is 1. The molecule has 3 aliphatic heterocycles. The number of hydrogen-bond donors (Lipinski definition) is 7. The predicted molar refractivity (Wildman–Crippen MR) is 128 cm³/mol. The SMILES string of the molecule is Nc1nc2c(ncn2[C@@H]2O[C@@H]3CO[C@H]4C[C@H](n5cnc6c(=O)[nH]c(N)nc65)O[C@@H]4CNN[C@H]3[C@H]2O)c(=O)[nH]1. The van der Waals surface area contributed by atoms with Gasteiger partial charge in [-0.2, -0.15) is 9.97 Å². The van der Waals surface area contributed by atoms with Crippen molar-refractivity contribution in [2.75, 3.05) is 24.6 Å². The van der Waals surface area contributed by atoms with Gasteiger partial charge in [0.05, 0.1) is 31.4 Å². The summed E-state index contributed by atoms with van der Waals surface area (Å²) in [6.45, 7) is 0.495. The van der Waals surface area contributed by atoms with Crippen LogP contribution in [0.4, 0.5) is 11.9 Å². The van der Waals surface area contributed by atoms with Crippen LogP contribution in [0.15, 0.2) is 22.2 Å². The highest BCUT2D eigenvalue weighted by atomic mass is 16.6. The highest BCUT2D eigenvalue weighted by Crippen LogP contribution is 2.35. The number of nitrogens with two attached hydrogens (primary N) is 2. The Hall–Kier alpha value is -3.94. The van der Waals surface area contributed by atoms with Crippen LogP contribution in [0.1, 0.15) is 18.9 Å². The van der Waals surface area contributed by atoms with Crippen LogP contribution in [-0.2, 0) is 14.2 Å². The number of anilines is 2. The van der Waals surface area contributed by atoms with Gasteiger partial charge in [0, 0.05) is 13.0 Å². The number of aromatic nitrogens is 8. The van der Waals surface area contributed by atoms with E-state index in [9.17, 15) is 14.7 Å². The van der Waals surface area contributed by atoms with E-state index in [2.05, 4.69) is 40.8 Å². The number of hydrazine groups is 1. The van der Waals surface area contributed by atoms with Gasteiger partial charge in [-0.3, -0.25) is 34.1 Å². The summed E-state index contributed by atoms with van der Waals surface area (Å²) in [7, 11) is 0. The molecule has 0 bridgehead atoms. The molecule has 0 aliphatic carbocycles. The lowest BCUT2D eigenvalue weighted by Gasteiger charge is -2.21. The number of nitrogens with zero attached hydrogens (tertiary/aromatic N) is 6. The van der Waals surface area contributed by atoms with Crippen LogP contribution in [-0.4, -0.2) is 87.8 Å². The van der Waals surface area contributed by atoms with Crippen molar-refractivity contribution in [2.24, 2.45) is 0 Å². The molecular formula is C20H24N12O6. The van der Waals surface area contributed by atoms with Gasteiger partial charge in [-0.25, -0.2) is 15.4 Å². The summed E-state index contributed by atoms with van der Waals surface area (Å²) in [6, 6.07) is -0.553. The number of nitrogens with one attached hydrogen (secondary N) is 4. The lowest BCUT2D eigenvalue weighted by molar-refractivity contribution is -0.0845. The Morgan fingerprint density at radius 3 is 2.29 bits per heavy atom. The van der Waals surface area contributed by atoms with Crippen molar-refractivity contribution in [1.29, 1.82) is 0 Å². The molecule has 3 aliphatic rings. The molecule has 3 saturated heterocycles. The molecule has 0 aromatic carbocycles. The minimum absolute atomic E-state index is 0.0161. The number of H-pyrrole nitrogens is 2. The number of hydrogen-bond acceptors (Lipinski definition) is 14. The second-order valence-electron chi connectivity index (χ2n) is 9.39. The standard InChI is InChI=1S/C20H24N12O6/c21-19-26-14-11(16(34)28-19)23-4-31(14)9-1-6-7(37-9)2-25-30-10-8(3-36-6)38-18(13(10)33)32-5-24-12-15(32)27-20(22)29-17(12)35/h4-10,13,18,25,30,33H,1-3H2,(H3,21,26,28,34)(H3,22,27,29,35)/t6-,7+,8+,9+,10+,13+,18+/m0/s1. The zero-order chi connectivity index (χ0) is 26.1. The van der Waals surface area contributed by atoms with Gasteiger partial charge in [0.1, 0.15) is 24.5 Å². The van der Waals surface area contributed by atoms with E-state index in [4.69, 9.17) is 25.7 Å². The van der Waals surface area contributed by atoms with Crippen molar-refractivity contribution in [3.63, 3.8) is 0 Å². The normalized spacial score (nSPS) is 31.7. The van der Waals surface area contributed by atoms with E-state index < -0.39 is 41.8 Å². The number of nitrogen functional groups attached to an aromatic ring is 2. The number of aromatic amines is 2. The van der Waals surface area contributed by atoms with Gasteiger partial charge in [-0.15, -0.1) is 0 Å². The van der Waals surface area contributed by atoms with E-state index in [1.807, 2.05) is 0 Å². The second-order valence-corrected chi connectivity index (χ2v) is 9.39. The minimum atomic E-state index is -1.03. The lowest BCUT2D eigenvalue weighted by atomic mass is 10.1. The van der Waals surface area contributed by atoms with Crippen molar-refractivity contribution in [3.8, 4) is 0 Å². The third-order valence-electron chi connectivity index (χ3n) is 7.09. The van der Waals surface area contributed by atoms with Gasteiger partial charge in [0.15, 0.2) is 28.6 Å². The number of rotatable bonds is 2. The van der Waals surface area contributed by atoms with E-state index in [1.54, 1.807) is 4.57 Å². The largest absolute Gasteiger partial charge is 0.387 e. The summed E-state index contributed by atoms with van der Waals surface area (Å²) >= 11 is 0. The summed E-state index contributed by atoms with van der Waals surface area (Å²) in [5.74, 6) is -0.0880. The summed E-state index contributed by atoms with van der Waals surface area (Å²) in [4.78, 5) is 45.8. The Morgan fingerprint density at radius 1 is 0.921 bits per heavy atom. The van der Waals surface area contributed by atoms with Crippen molar-refractivity contribution in [1.82, 2.24) is 49.9 Å². The maximum Gasteiger partial charge on any atom is 0.280 e. The van der Waals surface area contributed by atoms with Crippen LogP contribution >= 0.6 is 0 Å². The highest BCUT2D eigenvalue weighted by molar-refractivity contribution is 5.71. The Labute approximate surface area is 211 Å². The van der Waals surface area contributed by atoms with Gasteiger partial charge in [0.2, 0.25) is 11.9 Å². The van der Waals surface area contributed by atoms with Crippen LogP contribution in [0, 0.1) is 0 Å². The number of imidazole rings is 2. The highest BCUT2D eigenvalue weighted by Gasteiger charge is 2.48. The fourth-order valence-corrected chi connectivity index (χ4v) is 5.30. The Morgan fingerprint density at radius 2 is 1.58 bits per heavy atom. The fourth-order valence-electron chi connectivity index (χ4n) is 5.30. The molecule has 0 unspecified atom stereocenters. The van der Waals surface area contributed by atoms with Gasteiger partial charge < -0.3 is 30.8 Å². The van der Waals surface area contributed by atoms with Gasteiger partial charge >= 0.3 is 0 Å². The van der Waals surface area contributed by atoms with Crippen molar-refractivity contribution in [3.05, 3.63) is 33.4 Å². The number of ether oxygens (including phenoxy) is 3. The molecule has 0 radical (unpaired) electrons. The quantitative estimate of drug-likeness (QED) is 0.135. The molecule has 38 heavy (non-hydrogen) atoms. The molecule has 0 saturated carbocycles. The van der Waals surface area contributed by atoms with Crippen molar-refractivity contribution in [2.45, 2.75) is 49.3 Å². The van der Waals surface area contributed by atoms with Crippen molar-refractivity contribution >= 4 is 34.2 Å². The summed E-state index contributed by atoms with van der Waals surface area (Å²) < 4.78 is 21.8. The van der Waals surface area contributed by atoms with Crippen LogP contribution in [0.3, 0.4) is 0 Å². The molecule has 3 fully saturated rings. The zero-order valence-corrected chi connectivity index (χ0v) is 19.6. The third-order valence-corrected chi connectivity index (χ3v) is 7.09. The van der Waals surface area contributed by atoms with E-state index in [1.165, 1.54) is 17.2 Å². The van der Waals surface area contributed by atoms with Gasteiger partial charge in [0.25, 0.3) is 11.1 Å². The zero-order valence-electron chi connectivity index (χ0n) is 19.6. The molecule has 4 aromatic rings. The molecular weight excluding hydrogens is 504 g/mol. The summed E-state index contributed by atoms with van der Waals surface area (Å²) in [5.41, 5.74) is 17.5. The third kappa shape index (κ3) is 3.57. The maximum atomic E-state index is 12.2. The van der Waals surface area contributed by atoms with Crippen molar-refractivity contribution < 1.29 is 19.3 Å². The molecule has 4 aromatic heterocycles. The number of aliphatic hydroxyl groups is 1. The Kier molecular flexibility index (Phi) is 5.22. The molecule has 18 nitrogen and oxygen atoms in total. The molecule has 0 amide bonds. The summed E-state index contributed by atoms with van der Waals surface area (Å²) in [5, 5.41) is 11.1. The molecule has 0 spiro atoms. The molecule has 9 N–H and O–H groups in total. The first-order chi connectivity index (χ1) is 18.4. The fraction of sp³-hybridized carbons (Fsp3) is 0.500. The first-order valence-electron chi connectivity index (χ1n) is 11.9. The van der Waals surface area contributed by atoms with Crippen LogP contribution in [0.5, 0.6) is 0 Å². The topological polar surface area (TPSA) is 251 Å². The van der Waals surface area contributed by atoms with Gasteiger partial charge in [-0.05, 0) is 0 Å². The van der Waals surface area contributed by atoms with E-state index in [0.717, 1.165) is 0 Å². The monoisotopic (exact) mass is 528 g/mol. The predicted octanol–water partition coefficient (Wildman–Crippen LogP) is -3.18. The maximum absolute atomic E-state index is 12.2. The molecule has 200 valence electrons. The average molecular weight is 528 g/mol. The first-order valence-corrected chi connectivity index (χ1v) is 11.9. The van der Waals surface area contributed by atoms with Crippen LogP contribution < -0.4 is 33.4 Å². The van der Waals surface area contributed by atoms with Crippen LogP contribution in [0.2, 0.25) is 0 Å². The van der Waals surface area contributed by atoms with Gasteiger partial charge in [-0.1, -0.05) is 0 Å². The Bertz CT molecular complexity index is 1640. The molecule has 7 heterocycles. The second kappa shape index (κ2) is 8.55. The lowest BCUT2D eigenvalue weighted by Crippen LogP contribution is -2.52. The average Bonchev–Trinajstić information content (AvgIpc) is 3.63. The van der Waals surface area contributed by atoms with E-state index in [-0.39, 0.29) is 47.4 Å². The van der Waals surface area contributed by atoms with Crippen LogP contribution in [0.25, 0.3) is 22.3 Å². The first kappa shape index (κ1) is 23.2. The number of fused-ring (bicyclic) bond motifs is 4. The molecule has 18 heteroatoms.